The fourth-order valence-corrected chi connectivity index (χ4v) is 0.966. The van der Waals surface area contributed by atoms with Crippen molar-refractivity contribution in [2.75, 3.05) is 0 Å². The Hall–Kier alpha value is -0.790. The lowest BCUT2D eigenvalue weighted by Gasteiger charge is -1.92. The van der Waals surface area contributed by atoms with E-state index in [4.69, 9.17) is 5.11 Å². The molecule has 1 rings (SSSR count). The number of carboxylic acids is 1. The molecule has 2 atom stereocenters. The minimum atomic E-state index is -0.843. The van der Waals surface area contributed by atoms with Gasteiger partial charge in [0.05, 0.1) is 0 Å². The van der Waals surface area contributed by atoms with E-state index in [9.17, 15) is 4.79 Å². The van der Waals surface area contributed by atoms with E-state index in [1.165, 1.54) is 0 Å². The summed E-state index contributed by atoms with van der Waals surface area (Å²) in [6.07, 6.45) is 1.01. The molecule has 1 fully saturated rings. The van der Waals surface area contributed by atoms with Crippen molar-refractivity contribution >= 4 is 5.97 Å². The van der Waals surface area contributed by atoms with Crippen LogP contribution in [0.4, 0.5) is 0 Å². The monoisotopic (exact) mass is 126 g/mol. The van der Waals surface area contributed by atoms with Crippen LogP contribution in [0.5, 0.6) is 0 Å². The van der Waals surface area contributed by atoms with E-state index in [-0.39, 0.29) is 5.92 Å². The number of hydrogen-bond acceptors (Lipinski definition) is 1. The van der Waals surface area contributed by atoms with Gasteiger partial charge in [0.2, 0.25) is 0 Å². The number of rotatable bonds is 2. The fourth-order valence-electron chi connectivity index (χ4n) is 0.966. The molecule has 1 aliphatic rings. The van der Waals surface area contributed by atoms with Crippen molar-refractivity contribution in [1.82, 2.24) is 0 Å². The molecule has 0 aromatic carbocycles. The van der Waals surface area contributed by atoms with Gasteiger partial charge in [0.15, 0.2) is 0 Å². The predicted octanol–water partition coefficient (Wildman–Crippen LogP) is 1.28. The Kier molecular flexibility index (Phi) is 1.31. The summed E-state index contributed by atoms with van der Waals surface area (Å²) in [4.78, 5) is 10.2. The Labute approximate surface area is 54.2 Å². The Morgan fingerprint density at radius 1 is 1.78 bits per heavy atom. The topological polar surface area (TPSA) is 37.3 Å². The minimum Gasteiger partial charge on any atom is -0.478 e. The summed E-state index contributed by atoms with van der Waals surface area (Å²) in [5, 5.41) is 8.41. The molecular formula is C7H10O2. The van der Waals surface area contributed by atoms with Crippen LogP contribution in [0.15, 0.2) is 12.2 Å². The molecule has 0 amide bonds. The molecule has 1 aliphatic carbocycles. The van der Waals surface area contributed by atoms with Crippen LogP contribution >= 0.6 is 0 Å². The van der Waals surface area contributed by atoms with Crippen LogP contribution < -0.4 is 0 Å². The smallest absolute Gasteiger partial charge is 0.331 e. The van der Waals surface area contributed by atoms with Crippen LogP contribution in [-0.2, 0) is 4.79 Å². The van der Waals surface area contributed by atoms with Gasteiger partial charge < -0.3 is 5.11 Å². The molecule has 0 aromatic rings. The van der Waals surface area contributed by atoms with E-state index in [1.807, 2.05) is 6.92 Å². The van der Waals surface area contributed by atoms with Crippen LogP contribution in [0, 0.1) is 11.8 Å². The van der Waals surface area contributed by atoms with Gasteiger partial charge in [-0.1, -0.05) is 13.5 Å². The highest BCUT2D eigenvalue weighted by atomic mass is 16.4. The highest BCUT2D eigenvalue weighted by Gasteiger charge is 2.37. The first-order valence-electron chi connectivity index (χ1n) is 3.05. The molecule has 0 heterocycles. The molecule has 1 N–H and O–H groups in total. The maximum absolute atomic E-state index is 10.2. The van der Waals surface area contributed by atoms with E-state index < -0.39 is 5.97 Å². The second-order valence-electron chi connectivity index (χ2n) is 2.65. The Balaban J connectivity index is 2.46. The molecule has 2 nitrogen and oxygen atoms in total. The largest absolute Gasteiger partial charge is 0.478 e. The zero-order valence-electron chi connectivity index (χ0n) is 5.42. The summed E-state index contributed by atoms with van der Waals surface area (Å²) in [5.74, 6) is -0.0274. The molecule has 0 radical (unpaired) electrons. The van der Waals surface area contributed by atoms with Crippen molar-refractivity contribution in [2.24, 2.45) is 11.8 Å². The average molecular weight is 126 g/mol. The first-order valence-corrected chi connectivity index (χ1v) is 3.05. The van der Waals surface area contributed by atoms with Gasteiger partial charge in [-0.3, -0.25) is 0 Å². The molecule has 50 valence electrons. The third-order valence-electron chi connectivity index (χ3n) is 1.83. The van der Waals surface area contributed by atoms with E-state index in [1.54, 1.807) is 0 Å². The van der Waals surface area contributed by atoms with Gasteiger partial charge in [0.1, 0.15) is 0 Å². The molecule has 0 saturated heterocycles. The van der Waals surface area contributed by atoms with Gasteiger partial charge in [-0.2, -0.15) is 0 Å². The number of hydrogen-bond donors (Lipinski definition) is 1. The van der Waals surface area contributed by atoms with Crippen molar-refractivity contribution in [3.8, 4) is 0 Å². The van der Waals surface area contributed by atoms with Crippen LogP contribution in [0.3, 0.4) is 0 Å². The summed E-state index contributed by atoms with van der Waals surface area (Å²) in [6.45, 7) is 5.51. The minimum absolute atomic E-state index is 0.266. The molecule has 1 saturated carbocycles. The van der Waals surface area contributed by atoms with Gasteiger partial charge in [0.25, 0.3) is 0 Å². The molecule has 9 heavy (non-hydrogen) atoms. The van der Waals surface area contributed by atoms with Crippen LogP contribution in [0.25, 0.3) is 0 Å². The molecule has 0 spiro atoms. The molecule has 0 aliphatic heterocycles. The maximum Gasteiger partial charge on any atom is 0.331 e. The zero-order chi connectivity index (χ0) is 7.02. The van der Waals surface area contributed by atoms with Crippen LogP contribution in [0.2, 0.25) is 0 Å². The first-order chi connectivity index (χ1) is 4.13. The predicted molar refractivity (Wildman–Crippen MR) is 34.0 cm³/mol. The van der Waals surface area contributed by atoms with Crippen molar-refractivity contribution in [3.05, 3.63) is 12.2 Å². The molecule has 0 bridgehead atoms. The van der Waals surface area contributed by atoms with Crippen molar-refractivity contribution < 1.29 is 9.90 Å². The highest BCUT2D eigenvalue weighted by molar-refractivity contribution is 5.87. The molecule has 2 heteroatoms. The van der Waals surface area contributed by atoms with Gasteiger partial charge in [-0.15, -0.1) is 0 Å². The quantitative estimate of drug-likeness (QED) is 0.566. The fraction of sp³-hybridized carbons (Fsp3) is 0.571. The standard InChI is InChI=1S/C7H10O2/c1-4-3-6(4)5(2)7(8)9/h4,6H,2-3H2,1H3,(H,8,9). The Bertz CT molecular complexity index is 160. The van der Waals surface area contributed by atoms with Gasteiger partial charge in [-0.05, 0) is 18.3 Å². The average Bonchev–Trinajstić information content (AvgIpc) is 2.44. The second kappa shape index (κ2) is 1.87. The third-order valence-corrected chi connectivity index (χ3v) is 1.83. The van der Waals surface area contributed by atoms with E-state index in [0.717, 1.165) is 6.42 Å². The van der Waals surface area contributed by atoms with Crippen molar-refractivity contribution in [2.45, 2.75) is 13.3 Å². The maximum atomic E-state index is 10.2. The van der Waals surface area contributed by atoms with E-state index in [2.05, 4.69) is 6.58 Å². The Morgan fingerprint density at radius 3 is 2.33 bits per heavy atom. The van der Waals surface area contributed by atoms with Gasteiger partial charge in [0, 0.05) is 5.57 Å². The summed E-state index contributed by atoms with van der Waals surface area (Å²) in [6, 6.07) is 0. The normalized spacial score (nSPS) is 31.7. The third kappa shape index (κ3) is 1.12. The zero-order valence-corrected chi connectivity index (χ0v) is 5.42. The second-order valence-corrected chi connectivity index (χ2v) is 2.65. The van der Waals surface area contributed by atoms with Crippen LogP contribution in [0.1, 0.15) is 13.3 Å². The SMILES string of the molecule is C=C(C(=O)O)C1CC1C. The van der Waals surface area contributed by atoms with Gasteiger partial charge in [-0.25, -0.2) is 4.79 Å². The molecule has 0 aromatic heterocycles. The lowest BCUT2D eigenvalue weighted by molar-refractivity contribution is -0.132. The van der Waals surface area contributed by atoms with Crippen molar-refractivity contribution in [3.63, 3.8) is 0 Å². The number of carboxylic acid groups (broad SMARTS) is 1. The number of carbonyl (C=O) groups is 1. The van der Waals surface area contributed by atoms with Crippen molar-refractivity contribution in [1.29, 1.82) is 0 Å². The van der Waals surface area contributed by atoms with Gasteiger partial charge >= 0.3 is 5.97 Å². The lowest BCUT2D eigenvalue weighted by atomic mass is 10.2. The van der Waals surface area contributed by atoms with Crippen LogP contribution in [-0.4, -0.2) is 11.1 Å². The summed E-state index contributed by atoms with van der Waals surface area (Å²) in [7, 11) is 0. The summed E-state index contributed by atoms with van der Waals surface area (Å²) >= 11 is 0. The molecule has 2 unspecified atom stereocenters. The highest BCUT2D eigenvalue weighted by Crippen LogP contribution is 2.42. The lowest BCUT2D eigenvalue weighted by Crippen LogP contribution is -2.00. The molecular weight excluding hydrogens is 116 g/mol. The van der Waals surface area contributed by atoms with E-state index in [0.29, 0.717) is 11.5 Å². The summed E-state index contributed by atoms with van der Waals surface area (Å²) in [5.41, 5.74) is 0.377. The number of aliphatic carboxylic acids is 1. The van der Waals surface area contributed by atoms with E-state index >= 15 is 0 Å². The first kappa shape index (κ1) is 6.33. The summed E-state index contributed by atoms with van der Waals surface area (Å²) < 4.78 is 0. The Morgan fingerprint density at radius 2 is 2.22 bits per heavy atom.